The summed E-state index contributed by atoms with van der Waals surface area (Å²) >= 11 is 1.34. The van der Waals surface area contributed by atoms with Gasteiger partial charge in [0.25, 0.3) is 5.91 Å². The lowest BCUT2D eigenvalue weighted by atomic mass is 10.1. The third kappa shape index (κ3) is 3.00. The molecule has 0 unspecified atom stereocenters. The second-order valence-electron chi connectivity index (χ2n) is 4.84. The van der Waals surface area contributed by atoms with Gasteiger partial charge in [-0.2, -0.15) is 5.26 Å². The summed E-state index contributed by atoms with van der Waals surface area (Å²) in [7, 11) is 3.12. The highest BCUT2D eigenvalue weighted by molar-refractivity contribution is 7.22. The zero-order valence-electron chi connectivity index (χ0n) is 13.0. The molecular formula is C17H13N3O3S. The lowest BCUT2D eigenvalue weighted by Crippen LogP contribution is -2.11. The summed E-state index contributed by atoms with van der Waals surface area (Å²) in [5.41, 5.74) is 1.55. The molecule has 1 aromatic heterocycles. The van der Waals surface area contributed by atoms with Crippen molar-refractivity contribution >= 4 is 32.6 Å². The number of nitrogens with one attached hydrogen (secondary N) is 1. The molecule has 3 aromatic rings. The number of nitrogens with zero attached hydrogens (tertiary/aromatic N) is 2. The molecule has 1 N–H and O–H groups in total. The number of anilines is 1. The molecule has 0 spiro atoms. The lowest BCUT2D eigenvalue weighted by Gasteiger charge is -2.05. The van der Waals surface area contributed by atoms with E-state index in [9.17, 15) is 4.79 Å². The Morgan fingerprint density at radius 3 is 2.67 bits per heavy atom. The van der Waals surface area contributed by atoms with E-state index in [4.69, 9.17) is 14.7 Å². The average molecular weight is 339 g/mol. The zero-order valence-corrected chi connectivity index (χ0v) is 13.8. The van der Waals surface area contributed by atoms with Gasteiger partial charge < -0.3 is 9.47 Å². The Kier molecular flexibility index (Phi) is 4.31. The molecule has 0 saturated carbocycles. The Hall–Kier alpha value is -3.11. The number of carbonyl (C=O) groups excluding carboxylic acids is 1. The highest BCUT2D eigenvalue weighted by atomic mass is 32.1. The highest BCUT2D eigenvalue weighted by Crippen LogP contribution is 2.36. The number of benzene rings is 2. The number of thiazole rings is 1. The quantitative estimate of drug-likeness (QED) is 0.787. The second-order valence-corrected chi connectivity index (χ2v) is 5.87. The summed E-state index contributed by atoms with van der Waals surface area (Å²) in [5.74, 6) is 0.869. The van der Waals surface area contributed by atoms with Gasteiger partial charge in [-0.15, -0.1) is 0 Å². The maximum Gasteiger partial charge on any atom is 0.257 e. The van der Waals surface area contributed by atoms with E-state index in [0.717, 1.165) is 4.70 Å². The predicted molar refractivity (Wildman–Crippen MR) is 91.8 cm³/mol. The van der Waals surface area contributed by atoms with E-state index in [0.29, 0.717) is 33.3 Å². The fraction of sp³-hybridized carbons (Fsp3) is 0.118. The van der Waals surface area contributed by atoms with Crippen molar-refractivity contribution in [1.29, 1.82) is 5.26 Å². The number of ether oxygens (including phenoxy) is 2. The molecule has 24 heavy (non-hydrogen) atoms. The van der Waals surface area contributed by atoms with Crippen LogP contribution in [0.15, 0.2) is 36.4 Å². The van der Waals surface area contributed by atoms with E-state index in [2.05, 4.69) is 10.3 Å². The first kappa shape index (κ1) is 15.8. The van der Waals surface area contributed by atoms with E-state index < -0.39 is 0 Å². The van der Waals surface area contributed by atoms with Crippen molar-refractivity contribution in [3.63, 3.8) is 0 Å². The second kappa shape index (κ2) is 6.56. The molecule has 1 heterocycles. The molecule has 2 aromatic carbocycles. The topological polar surface area (TPSA) is 84.2 Å². The van der Waals surface area contributed by atoms with E-state index in [1.165, 1.54) is 17.4 Å². The van der Waals surface area contributed by atoms with Crippen LogP contribution < -0.4 is 14.8 Å². The number of amides is 1. The molecule has 0 aliphatic carbocycles. The Balaban J connectivity index is 1.89. The molecule has 6 nitrogen and oxygen atoms in total. The first-order chi connectivity index (χ1) is 11.6. The van der Waals surface area contributed by atoms with Crippen molar-refractivity contribution < 1.29 is 14.3 Å². The van der Waals surface area contributed by atoms with E-state index >= 15 is 0 Å². The Labute approximate surface area is 142 Å². The van der Waals surface area contributed by atoms with E-state index in [1.807, 2.05) is 12.1 Å². The normalized spacial score (nSPS) is 10.2. The molecule has 0 aliphatic rings. The minimum Gasteiger partial charge on any atom is -0.493 e. The molecule has 0 radical (unpaired) electrons. The molecule has 7 heteroatoms. The summed E-state index contributed by atoms with van der Waals surface area (Å²) in [5, 5.41) is 12.1. The summed E-state index contributed by atoms with van der Waals surface area (Å²) in [4.78, 5) is 16.7. The number of rotatable bonds is 4. The molecule has 0 atom stereocenters. The number of nitriles is 1. The molecule has 1 amide bonds. The van der Waals surface area contributed by atoms with Crippen molar-refractivity contribution in [3.8, 4) is 17.6 Å². The molecule has 0 bridgehead atoms. The third-order valence-corrected chi connectivity index (χ3v) is 4.30. The van der Waals surface area contributed by atoms with Crippen LogP contribution in [-0.4, -0.2) is 25.1 Å². The summed E-state index contributed by atoms with van der Waals surface area (Å²) in [6.45, 7) is 0. The summed E-state index contributed by atoms with van der Waals surface area (Å²) < 4.78 is 11.4. The van der Waals surface area contributed by atoms with Gasteiger partial charge in [-0.1, -0.05) is 17.4 Å². The van der Waals surface area contributed by atoms with Crippen LogP contribution in [0.1, 0.15) is 15.9 Å². The molecule has 3 rings (SSSR count). The van der Waals surface area contributed by atoms with Crippen molar-refractivity contribution in [3.05, 3.63) is 47.5 Å². The molecule has 0 aliphatic heterocycles. The summed E-state index contributed by atoms with van der Waals surface area (Å²) in [6, 6.07) is 12.1. The van der Waals surface area contributed by atoms with Crippen LogP contribution >= 0.6 is 11.3 Å². The van der Waals surface area contributed by atoms with Gasteiger partial charge in [-0.3, -0.25) is 10.1 Å². The smallest absolute Gasteiger partial charge is 0.257 e. The Bertz CT molecular complexity index is 918. The SMILES string of the molecule is COc1cc2nc(NC(=O)c3cccc(C#N)c3)sc2cc1OC. The largest absolute Gasteiger partial charge is 0.493 e. The monoisotopic (exact) mass is 339 g/mol. The van der Waals surface area contributed by atoms with Crippen molar-refractivity contribution in [1.82, 2.24) is 4.98 Å². The first-order valence-corrected chi connectivity index (χ1v) is 7.80. The standard InChI is InChI=1S/C17H13N3O3S/c1-22-13-7-12-15(8-14(13)23-2)24-17(19-12)20-16(21)11-5-3-4-10(6-11)9-18/h3-8H,1-2H3,(H,19,20,21). The summed E-state index contributed by atoms with van der Waals surface area (Å²) in [6.07, 6.45) is 0. The van der Waals surface area contributed by atoms with E-state index in [-0.39, 0.29) is 5.91 Å². The fourth-order valence-electron chi connectivity index (χ4n) is 2.21. The number of methoxy groups -OCH3 is 2. The van der Waals surface area contributed by atoms with Gasteiger partial charge in [-0.25, -0.2) is 4.98 Å². The number of aromatic nitrogens is 1. The molecular weight excluding hydrogens is 326 g/mol. The van der Waals surface area contributed by atoms with Crippen LogP contribution in [0.5, 0.6) is 11.5 Å². The van der Waals surface area contributed by atoms with Crippen molar-refractivity contribution in [2.75, 3.05) is 19.5 Å². The number of fused-ring (bicyclic) bond motifs is 1. The van der Waals surface area contributed by atoms with Crippen LogP contribution in [0.3, 0.4) is 0 Å². The minimum absolute atomic E-state index is 0.315. The van der Waals surface area contributed by atoms with Crippen LogP contribution in [0.25, 0.3) is 10.2 Å². The van der Waals surface area contributed by atoms with Crippen LogP contribution in [0, 0.1) is 11.3 Å². The maximum absolute atomic E-state index is 12.3. The molecule has 0 fully saturated rings. The van der Waals surface area contributed by atoms with Crippen LogP contribution in [0.4, 0.5) is 5.13 Å². The van der Waals surface area contributed by atoms with Crippen LogP contribution in [0.2, 0.25) is 0 Å². The van der Waals surface area contributed by atoms with Gasteiger partial charge in [0.2, 0.25) is 0 Å². The van der Waals surface area contributed by atoms with Crippen molar-refractivity contribution in [2.45, 2.75) is 0 Å². The van der Waals surface area contributed by atoms with E-state index in [1.54, 1.807) is 38.5 Å². The van der Waals surface area contributed by atoms with Gasteiger partial charge >= 0.3 is 0 Å². The predicted octanol–water partition coefficient (Wildman–Crippen LogP) is 3.44. The number of hydrogen-bond donors (Lipinski definition) is 1. The third-order valence-electron chi connectivity index (χ3n) is 3.37. The maximum atomic E-state index is 12.3. The lowest BCUT2D eigenvalue weighted by molar-refractivity contribution is 0.102. The fourth-order valence-corrected chi connectivity index (χ4v) is 3.08. The van der Waals surface area contributed by atoms with Gasteiger partial charge in [0.1, 0.15) is 0 Å². The van der Waals surface area contributed by atoms with Gasteiger partial charge in [0.05, 0.1) is 36.1 Å². The molecule has 0 saturated heterocycles. The minimum atomic E-state index is -0.315. The van der Waals surface area contributed by atoms with Gasteiger partial charge in [0.15, 0.2) is 16.6 Å². The zero-order chi connectivity index (χ0) is 17.1. The van der Waals surface area contributed by atoms with Crippen molar-refractivity contribution in [2.24, 2.45) is 0 Å². The first-order valence-electron chi connectivity index (χ1n) is 6.98. The number of hydrogen-bond acceptors (Lipinski definition) is 6. The highest BCUT2D eigenvalue weighted by Gasteiger charge is 2.13. The van der Waals surface area contributed by atoms with Gasteiger partial charge in [0, 0.05) is 17.7 Å². The number of carbonyl (C=O) groups is 1. The average Bonchev–Trinajstić information content (AvgIpc) is 3.01. The van der Waals surface area contributed by atoms with Crippen LogP contribution in [-0.2, 0) is 0 Å². The Morgan fingerprint density at radius 2 is 1.96 bits per heavy atom. The Morgan fingerprint density at radius 1 is 1.21 bits per heavy atom. The van der Waals surface area contributed by atoms with Gasteiger partial charge in [-0.05, 0) is 18.2 Å². The molecule has 120 valence electrons.